The van der Waals surface area contributed by atoms with Crippen molar-refractivity contribution in [3.05, 3.63) is 0 Å². The van der Waals surface area contributed by atoms with Crippen molar-refractivity contribution >= 4 is 17.1 Å². The molecule has 1 atom stereocenters. The molecule has 0 amide bonds. The maximum Gasteiger partial charge on any atom is -0.00433 e. The highest BCUT2D eigenvalue weighted by atomic mass is 32.1. The molecule has 0 aromatic heterocycles. The molecule has 1 saturated carbocycles. The second-order valence-electron chi connectivity index (χ2n) is 2.26. The van der Waals surface area contributed by atoms with Crippen molar-refractivity contribution in [3.8, 4) is 0 Å². The minimum absolute atomic E-state index is 0.745. The average Bonchev–Trinajstić information content (AvgIpc) is 1.91. The van der Waals surface area contributed by atoms with Crippen molar-refractivity contribution in [2.45, 2.75) is 26.2 Å². The summed E-state index contributed by atoms with van der Waals surface area (Å²) < 4.78 is 0. The van der Waals surface area contributed by atoms with Crippen LogP contribution in [0.4, 0.5) is 0 Å². The van der Waals surface area contributed by atoms with Crippen LogP contribution in [0.15, 0.2) is 0 Å². The molecule has 1 fully saturated rings. The van der Waals surface area contributed by atoms with Crippen molar-refractivity contribution in [3.63, 3.8) is 0 Å². The topological polar surface area (TPSA) is 0 Å². The van der Waals surface area contributed by atoms with Gasteiger partial charge in [-0.25, -0.2) is 0 Å². The fourth-order valence-corrected chi connectivity index (χ4v) is 1.25. The molecule has 0 aliphatic heterocycles. The Morgan fingerprint density at radius 1 is 1.71 bits per heavy atom. The summed E-state index contributed by atoms with van der Waals surface area (Å²) in [6.07, 6.45) is 3.87. The predicted molar refractivity (Wildman–Crippen MR) is 35.6 cm³/mol. The zero-order valence-corrected chi connectivity index (χ0v) is 5.42. The van der Waals surface area contributed by atoms with Gasteiger partial charge in [-0.05, 0) is 30.0 Å². The Morgan fingerprint density at radius 2 is 2.43 bits per heavy atom. The summed E-state index contributed by atoms with van der Waals surface area (Å²) >= 11 is 5.04. The van der Waals surface area contributed by atoms with Crippen molar-refractivity contribution in [1.82, 2.24) is 0 Å². The normalized spacial score (nSPS) is 31.6. The molecule has 1 heteroatoms. The Hall–Kier alpha value is 0.0900. The quantitative estimate of drug-likeness (QED) is 0.435. The Bertz CT molecular complexity index is 86.2. The molecule has 1 rings (SSSR count). The Labute approximate surface area is 49.9 Å². The minimum atomic E-state index is 0.745. The standard InChI is InChI=1S/C6H10S/c1-5-3-2-4-6(5)7/h5H,2-4H2,1H3. The molecule has 0 N–H and O–H groups in total. The largest absolute Gasteiger partial charge is 0.0894 e. The van der Waals surface area contributed by atoms with Crippen LogP contribution in [0.1, 0.15) is 26.2 Å². The second kappa shape index (κ2) is 1.91. The first-order valence-corrected chi connectivity index (χ1v) is 3.24. The van der Waals surface area contributed by atoms with Gasteiger partial charge in [0.15, 0.2) is 0 Å². The Morgan fingerprint density at radius 3 is 2.57 bits per heavy atom. The van der Waals surface area contributed by atoms with Gasteiger partial charge in [-0.1, -0.05) is 19.1 Å². The third-order valence-electron chi connectivity index (χ3n) is 1.61. The van der Waals surface area contributed by atoms with Crippen LogP contribution in [-0.2, 0) is 0 Å². The summed E-state index contributed by atoms with van der Waals surface area (Å²) in [5.41, 5.74) is 0. The first kappa shape index (κ1) is 5.23. The van der Waals surface area contributed by atoms with E-state index in [1.54, 1.807) is 0 Å². The van der Waals surface area contributed by atoms with Crippen molar-refractivity contribution in [1.29, 1.82) is 0 Å². The molecule has 0 bridgehead atoms. The van der Waals surface area contributed by atoms with Crippen LogP contribution < -0.4 is 0 Å². The Kier molecular flexibility index (Phi) is 1.43. The van der Waals surface area contributed by atoms with Crippen LogP contribution in [0.25, 0.3) is 0 Å². The van der Waals surface area contributed by atoms with Crippen molar-refractivity contribution in [2.75, 3.05) is 0 Å². The lowest BCUT2D eigenvalue weighted by Gasteiger charge is -1.94. The van der Waals surface area contributed by atoms with Gasteiger partial charge in [-0.3, -0.25) is 0 Å². The lowest BCUT2D eigenvalue weighted by Crippen LogP contribution is -1.95. The van der Waals surface area contributed by atoms with Gasteiger partial charge in [0.25, 0.3) is 0 Å². The van der Waals surface area contributed by atoms with Crippen LogP contribution in [0.2, 0.25) is 0 Å². The molecular weight excluding hydrogens is 104 g/mol. The Balaban J connectivity index is 2.48. The van der Waals surface area contributed by atoms with Gasteiger partial charge in [0, 0.05) is 0 Å². The highest BCUT2D eigenvalue weighted by molar-refractivity contribution is 7.80. The van der Waals surface area contributed by atoms with Crippen LogP contribution >= 0.6 is 12.2 Å². The maximum atomic E-state index is 5.04. The lowest BCUT2D eigenvalue weighted by atomic mass is 10.1. The molecule has 1 unspecified atom stereocenters. The van der Waals surface area contributed by atoms with E-state index in [0.717, 1.165) is 5.92 Å². The summed E-state index contributed by atoms with van der Waals surface area (Å²) in [5.74, 6) is 0.745. The van der Waals surface area contributed by atoms with Gasteiger partial charge >= 0.3 is 0 Å². The van der Waals surface area contributed by atoms with Crippen LogP contribution in [-0.4, -0.2) is 4.86 Å². The van der Waals surface area contributed by atoms with Crippen LogP contribution in [0.3, 0.4) is 0 Å². The zero-order valence-electron chi connectivity index (χ0n) is 4.61. The molecule has 0 radical (unpaired) electrons. The number of hydrogen-bond donors (Lipinski definition) is 0. The van der Waals surface area contributed by atoms with E-state index in [2.05, 4.69) is 6.92 Å². The van der Waals surface area contributed by atoms with E-state index < -0.39 is 0 Å². The second-order valence-corrected chi connectivity index (χ2v) is 2.78. The van der Waals surface area contributed by atoms with E-state index >= 15 is 0 Å². The van der Waals surface area contributed by atoms with E-state index in [4.69, 9.17) is 12.2 Å². The van der Waals surface area contributed by atoms with Crippen LogP contribution in [0.5, 0.6) is 0 Å². The molecule has 7 heavy (non-hydrogen) atoms. The van der Waals surface area contributed by atoms with Gasteiger partial charge in [-0.2, -0.15) is 0 Å². The molecule has 0 aromatic carbocycles. The fourth-order valence-electron chi connectivity index (χ4n) is 0.990. The highest BCUT2D eigenvalue weighted by Crippen LogP contribution is 2.21. The summed E-state index contributed by atoms with van der Waals surface area (Å²) in [5, 5.41) is 0. The smallest absolute Gasteiger partial charge is 0.00433 e. The number of thiocarbonyl (C=S) groups is 1. The van der Waals surface area contributed by atoms with Crippen LogP contribution in [0, 0.1) is 5.92 Å². The van der Waals surface area contributed by atoms with Crippen molar-refractivity contribution < 1.29 is 0 Å². The third kappa shape index (κ3) is 1.00. The molecule has 0 spiro atoms. The molecular formula is C6H10S. The van der Waals surface area contributed by atoms with Gasteiger partial charge in [0.05, 0.1) is 0 Å². The summed E-state index contributed by atoms with van der Waals surface area (Å²) in [4.78, 5) is 1.29. The number of hydrogen-bond acceptors (Lipinski definition) is 1. The summed E-state index contributed by atoms with van der Waals surface area (Å²) in [6, 6.07) is 0. The zero-order chi connectivity index (χ0) is 5.28. The van der Waals surface area contributed by atoms with Crippen molar-refractivity contribution in [2.24, 2.45) is 5.92 Å². The maximum absolute atomic E-state index is 5.04. The minimum Gasteiger partial charge on any atom is -0.0894 e. The first-order chi connectivity index (χ1) is 3.30. The average molecular weight is 114 g/mol. The molecule has 0 heterocycles. The lowest BCUT2D eigenvalue weighted by molar-refractivity contribution is 0.731. The monoisotopic (exact) mass is 114 g/mol. The molecule has 0 aromatic rings. The summed E-state index contributed by atoms with van der Waals surface area (Å²) in [7, 11) is 0. The van der Waals surface area contributed by atoms with E-state index in [-0.39, 0.29) is 0 Å². The number of rotatable bonds is 0. The summed E-state index contributed by atoms with van der Waals surface area (Å²) in [6.45, 7) is 2.22. The van der Waals surface area contributed by atoms with E-state index in [9.17, 15) is 0 Å². The van der Waals surface area contributed by atoms with E-state index in [1.807, 2.05) is 0 Å². The fraction of sp³-hybridized carbons (Fsp3) is 0.833. The van der Waals surface area contributed by atoms with E-state index in [0.29, 0.717) is 0 Å². The predicted octanol–water partition coefficient (Wildman–Crippen LogP) is 2.18. The SMILES string of the molecule is CC1CCCC1=S. The first-order valence-electron chi connectivity index (χ1n) is 2.83. The molecule has 1 aliphatic rings. The van der Waals surface area contributed by atoms with Gasteiger partial charge < -0.3 is 0 Å². The molecule has 1 aliphatic carbocycles. The third-order valence-corrected chi connectivity index (χ3v) is 2.22. The molecule has 0 saturated heterocycles. The highest BCUT2D eigenvalue weighted by Gasteiger charge is 2.14. The molecule has 0 nitrogen and oxygen atoms in total. The molecule has 40 valence electrons. The van der Waals surface area contributed by atoms with Gasteiger partial charge in [0.1, 0.15) is 0 Å². The van der Waals surface area contributed by atoms with Gasteiger partial charge in [0.2, 0.25) is 0 Å². The van der Waals surface area contributed by atoms with Gasteiger partial charge in [-0.15, -0.1) is 0 Å². The van der Waals surface area contributed by atoms with E-state index in [1.165, 1.54) is 24.1 Å².